The van der Waals surface area contributed by atoms with Crippen LogP contribution in [0.4, 0.5) is 0 Å². The molecule has 0 N–H and O–H groups in total. The van der Waals surface area contributed by atoms with Gasteiger partial charge in [-0.1, -0.05) is 25.3 Å². The Morgan fingerprint density at radius 1 is 1.13 bits per heavy atom. The van der Waals surface area contributed by atoms with Crippen molar-refractivity contribution in [2.75, 3.05) is 14.2 Å². The molecule has 1 aliphatic rings. The predicted molar refractivity (Wildman–Crippen MR) is 125 cm³/mol. The average Bonchev–Trinajstić information content (AvgIpc) is 3.21. The van der Waals surface area contributed by atoms with E-state index in [0.717, 1.165) is 51.7 Å². The second-order valence-electron chi connectivity index (χ2n) is 7.63. The molecule has 6 nitrogen and oxygen atoms in total. The van der Waals surface area contributed by atoms with Gasteiger partial charge < -0.3 is 9.47 Å². The lowest BCUT2D eigenvalue weighted by molar-refractivity contribution is 0.395. The molecular weight excluding hydrogens is 408 g/mol. The Bertz CT molecular complexity index is 1110. The van der Waals surface area contributed by atoms with E-state index in [1.54, 1.807) is 31.8 Å². The molecule has 1 fully saturated rings. The van der Waals surface area contributed by atoms with Crippen LogP contribution in [-0.4, -0.2) is 35.6 Å². The van der Waals surface area contributed by atoms with Gasteiger partial charge >= 0.3 is 0 Å². The van der Waals surface area contributed by atoms with Crippen LogP contribution in [0.25, 0.3) is 11.3 Å². The molecule has 162 valence electrons. The maximum Gasteiger partial charge on any atom is 0.206 e. The normalized spacial score (nSPS) is 15.8. The molecule has 1 aliphatic carbocycles. The first kappa shape index (κ1) is 21.3. The van der Waals surface area contributed by atoms with Crippen molar-refractivity contribution in [1.29, 1.82) is 0 Å². The van der Waals surface area contributed by atoms with E-state index in [9.17, 15) is 0 Å². The number of nitrogens with zero attached hydrogens (tertiary/aromatic N) is 4. The first-order valence-corrected chi connectivity index (χ1v) is 11.5. The van der Waals surface area contributed by atoms with E-state index in [4.69, 9.17) is 19.6 Å². The van der Waals surface area contributed by atoms with E-state index in [0.29, 0.717) is 6.04 Å². The first-order valence-electron chi connectivity index (χ1n) is 10.6. The summed E-state index contributed by atoms with van der Waals surface area (Å²) >= 11 is 1.62. The molecule has 7 heteroatoms. The van der Waals surface area contributed by atoms with Gasteiger partial charge in [-0.3, -0.25) is 9.98 Å². The molecule has 0 spiro atoms. The Morgan fingerprint density at radius 3 is 2.68 bits per heavy atom. The van der Waals surface area contributed by atoms with Crippen LogP contribution < -0.4 is 14.3 Å². The van der Waals surface area contributed by atoms with Crippen LogP contribution in [0.2, 0.25) is 0 Å². The standard InChI is InChI=1S/C24H28N4O2S/c1-17(18-8-7-13-25-15-18)27-28-22(21-12-11-20(29-2)14-23(21)30-3)16-31-24(28)26-19-9-5-4-6-10-19/h7-8,11-16,19H,4-6,9-10H2,1-3H3. The summed E-state index contributed by atoms with van der Waals surface area (Å²) in [4.78, 5) is 10.2. The third kappa shape index (κ3) is 4.88. The van der Waals surface area contributed by atoms with Crippen molar-refractivity contribution >= 4 is 17.0 Å². The summed E-state index contributed by atoms with van der Waals surface area (Å²) in [6.07, 6.45) is 9.69. The number of rotatable bonds is 6. The fourth-order valence-electron chi connectivity index (χ4n) is 3.83. The van der Waals surface area contributed by atoms with Gasteiger partial charge in [-0.25, -0.2) is 4.68 Å². The molecule has 0 unspecified atom stereocenters. The summed E-state index contributed by atoms with van der Waals surface area (Å²) in [7, 11) is 3.33. The van der Waals surface area contributed by atoms with Crippen LogP contribution in [0.15, 0.2) is 58.2 Å². The van der Waals surface area contributed by atoms with Crippen LogP contribution in [-0.2, 0) is 0 Å². The summed E-state index contributed by atoms with van der Waals surface area (Å²) in [6, 6.07) is 10.1. The highest BCUT2D eigenvalue weighted by atomic mass is 32.1. The summed E-state index contributed by atoms with van der Waals surface area (Å²) in [5, 5.41) is 7.08. The predicted octanol–water partition coefficient (Wildman–Crippen LogP) is 5.13. The number of ether oxygens (including phenoxy) is 2. The highest BCUT2D eigenvalue weighted by Crippen LogP contribution is 2.34. The van der Waals surface area contributed by atoms with Crippen molar-refractivity contribution in [3.63, 3.8) is 0 Å². The van der Waals surface area contributed by atoms with Gasteiger partial charge in [0.25, 0.3) is 0 Å². The number of pyridine rings is 1. The van der Waals surface area contributed by atoms with Gasteiger partial charge in [0, 0.05) is 35.0 Å². The number of methoxy groups -OCH3 is 2. The average molecular weight is 437 g/mol. The van der Waals surface area contributed by atoms with Crippen molar-refractivity contribution < 1.29 is 9.47 Å². The third-order valence-electron chi connectivity index (χ3n) is 5.57. The Hall–Kier alpha value is -2.93. The Kier molecular flexibility index (Phi) is 6.82. The molecule has 31 heavy (non-hydrogen) atoms. The van der Waals surface area contributed by atoms with Gasteiger partial charge in [0.1, 0.15) is 11.5 Å². The van der Waals surface area contributed by atoms with Gasteiger partial charge in [0.05, 0.1) is 31.7 Å². The molecule has 2 heterocycles. The largest absolute Gasteiger partial charge is 0.497 e. The van der Waals surface area contributed by atoms with Gasteiger partial charge in [-0.05, 0) is 38.0 Å². The van der Waals surface area contributed by atoms with Gasteiger partial charge in [0.2, 0.25) is 4.80 Å². The molecule has 3 aromatic rings. The molecule has 2 aromatic heterocycles. The molecule has 0 amide bonds. The highest BCUT2D eigenvalue weighted by Gasteiger charge is 2.17. The Labute approximate surface area is 186 Å². The number of benzene rings is 1. The molecule has 1 saturated carbocycles. The topological polar surface area (TPSA) is 61.0 Å². The second kappa shape index (κ2) is 9.92. The van der Waals surface area contributed by atoms with Crippen LogP contribution >= 0.6 is 11.3 Å². The lowest BCUT2D eigenvalue weighted by Crippen LogP contribution is -2.19. The summed E-state index contributed by atoms with van der Waals surface area (Å²) in [5.41, 5.74) is 3.76. The van der Waals surface area contributed by atoms with Crippen molar-refractivity contribution in [1.82, 2.24) is 9.66 Å². The summed E-state index contributed by atoms with van der Waals surface area (Å²) < 4.78 is 13.0. The second-order valence-corrected chi connectivity index (χ2v) is 8.47. The van der Waals surface area contributed by atoms with Crippen molar-refractivity contribution in [3.05, 3.63) is 58.5 Å². The van der Waals surface area contributed by atoms with E-state index >= 15 is 0 Å². The van der Waals surface area contributed by atoms with Gasteiger partial charge in [-0.15, -0.1) is 11.3 Å². The fraction of sp³-hybridized carbons (Fsp3) is 0.375. The number of aromatic nitrogens is 2. The maximum atomic E-state index is 5.67. The van der Waals surface area contributed by atoms with Crippen LogP contribution in [0.1, 0.15) is 44.6 Å². The summed E-state index contributed by atoms with van der Waals surface area (Å²) in [6.45, 7) is 2.00. The van der Waals surface area contributed by atoms with E-state index in [2.05, 4.69) is 10.4 Å². The Balaban J connectivity index is 1.85. The monoisotopic (exact) mass is 436 g/mol. The maximum absolute atomic E-state index is 5.67. The molecule has 4 rings (SSSR count). The smallest absolute Gasteiger partial charge is 0.206 e. The fourth-order valence-corrected chi connectivity index (χ4v) is 4.72. The summed E-state index contributed by atoms with van der Waals surface area (Å²) in [5.74, 6) is 1.49. The third-order valence-corrected chi connectivity index (χ3v) is 6.40. The van der Waals surface area contributed by atoms with Crippen molar-refractivity contribution in [2.45, 2.75) is 45.1 Å². The zero-order chi connectivity index (χ0) is 21.6. The molecular formula is C24H28N4O2S. The van der Waals surface area contributed by atoms with Gasteiger partial charge in [-0.2, -0.15) is 5.10 Å². The van der Waals surface area contributed by atoms with E-state index in [-0.39, 0.29) is 0 Å². The van der Waals surface area contributed by atoms with Crippen molar-refractivity contribution in [2.24, 2.45) is 10.1 Å². The van der Waals surface area contributed by atoms with E-state index in [1.165, 1.54) is 19.3 Å². The minimum absolute atomic E-state index is 0.359. The molecule has 0 saturated heterocycles. The van der Waals surface area contributed by atoms with Gasteiger partial charge in [0.15, 0.2) is 0 Å². The lowest BCUT2D eigenvalue weighted by Gasteiger charge is -2.17. The zero-order valence-corrected chi connectivity index (χ0v) is 19.1. The minimum atomic E-state index is 0.359. The lowest BCUT2D eigenvalue weighted by atomic mass is 9.96. The molecule has 0 aliphatic heterocycles. The minimum Gasteiger partial charge on any atom is -0.497 e. The van der Waals surface area contributed by atoms with Crippen LogP contribution in [0.3, 0.4) is 0 Å². The SMILES string of the molecule is COc1ccc(-c2csc(=NC3CCCCC3)n2N=C(C)c2cccnc2)c(OC)c1. The van der Waals surface area contributed by atoms with Crippen LogP contribution in [0, 0.1) is 0 Å². The van der Waals surface area contributed by atoms with E-state index < -0.39 is 0 Å². The molecule has 0 radical (unpaired) electrons. The molecule has 0 bridgehead atoms. The number of hydrogen-bond donors (Lipinski definition) is 0. The number of thiazole rings is 1. The Morgan fingerprint density at radius 2 is 1.97 bits per heavy atom. The first-order chi connectivity index (χ1) is 15.2. The zero-order valence-electron chi connectivity index (χ0n) is 18.2. The molecule has 0 atom stereocenters. The van der Waals surface area contributed by atoms with Crippen molar-refractivity contribution in [3.8, 4) is 22.8 Å². The van der Waals surface area contributed by atoms with Crippen LogP contribution in [0.5, 0.6) is 11.5 Å². The number of hydrogen-bond acceptors (Lipinski definition) is 6. The molecule has 1 aromatic carbocycles. The van der Waals surface area contributed by atoms with E-state index in [1.807, 2.05) is 48.1 Å². The quantitative estimate of drug-likeness (QED) is 0.503. The highest BCUT2D eigenvalue weighted by molar-refractivity contribution is 7.07.